The average Bonchev–Trinajstić information content (AvgIpc) is 3.19. The molecule has 0 bridgehead atoms. The van der Waals surface area contributed by atoms with Gasteiger partial charge in [-0.2, -0.15) is 5.10 Å². The van der Waals surface area contributed by atoms with Gasteiger partial charge in [-0.15, -0.1) is 0 Å². The zero-order valence-corrected chi connectivity index (χ0v) is 17.3. The van der Waals surface area contributed by atoms with E-state index in [1.165, 1.54) is 32.4 Å². The van der Waals surface area contributed by atoms with E-state index in [-0.39, 0.29) is 17.4 Å². The predicted molar refractivity (Wildman–Crippen MR) is 113 cm³/mol. The second kappa shape index (κ2) is 8.54. The van der Waals surface area contributed by atoms with Crippen LogP contribution in [0.4, 0.5) is 11.4 Å². The van der Waals surface area contributed by atoms with E-state index in [1.807, 2.05) is 6.07 Å². The Morgan fingerprint density at radius 3 is 2.72 bits per heavy atom. The van der Waals surface area contributed by atoms with Crippen LogP contribution in [0.1, 0.15) is 17.3 Å². The minimum absolute atomic E-state index is 0.0642. The van der Waals surface area contributed by atoms with Crippen molar-refractivity contribution >= 4 is 38.9 Å². The Hall–Kier alpha value is -3.04. The van der Waals surface area contributed by atoms with Crippen LogP contribution in [0.2, 0.25) is 5.02 Å². The zero-order chi connectivity index (χ0) is 21.0. The molecule has 3 rings (SSSR count). The van der Waals surface area contributed by atoms with Crippen LogP contribution in [0.15, 0.2) is 54.9 Å². The van der Waals surface area contributed by atoms with Gasteiger partial charge < -0.3 is 10.1 Å². The van der Waals surface area contributed by atoms with Gasteiger partial charge in [-0.25, -0.2) is 13.1 Å². The first-order valence-corrected chi connectivity index (χ1v) is 10.6. The SMILES string of the molecule is CCS(=O)(=O)Nc1ccc(NC(=O)c2cnn(-c3cccc(Cl)c3)c2)cc1OC. The van der Waals surface area contributed by atoms with Gasteiger partial charge in [0.15, 0.2) is 0 Å². The summed E-state index contributed by atoms with van der Waals surface area (Å²) in [5.74, 6) is -0.151. The minimum atomic E-state index is -3.45. The number of carbonyl (C=O) groups excluding carboxylic acids is 1. The fourth-order valence-corrected chi connectivity index (χ4v) is 3.33. The second-order valence-electron chi connectivity index (χ2n) is 6.03. The quantitative estimate of drug-likeness (QED) is 0.592. The summed E-state index contributed by atoms with van der Waals surface area (Å²) >= 11 is 5.99. The number of anilines is 2. The van der Waals surface area contributed by atoms with Crippen molar-refractivity contribution in [1.82, 2.24) is 9.78 Å². The third-order valence-electron chi connectivity index (χ3n) is 4.02. The normalized spacial score (nSPS) is 11.1. The highest BCUT2D eigenvalue weighted by atomic mass is 35.5. The molecular weight excluding hydrogens is 416 g/mol. The molecule has 29 heavy (non-hydrogen) atoms. The molecule has 0 spiro atoms. The number of halogens is 1. The molecule has 2 N–H and O–H groups in total. The maximum Gasteiger partial charge on any atom is 0.258 e. The second-order valence-corrected chi connectivity index (χ2v) is 8.48. The molecule has 3 aromatic rings. The summed E-state index contributed by atoms with van der Waals surface area (Å²) in [6.45, 7) is 1.53. The highest BCUT2D eigenvalue weighted by Gasteiger charge is 2.14. The Balaban J connectivity index is 1.77. The maximum absolute atomic E-state index is 12.5. The van der Waals surface area contributed by atoms with Gasteiger partial charge >= 0.3 is 0 Å². The summed E-state index contributed by atoms with van der Waals surface area (Å²) < 4.78 is 32.8. The van der Waals surface area contributed by atoms with Crippen molar-refractivity contribution in [3.05, 3.63) is 65.4 Å². The molecule has 0 saturated heterocycles. The van der Waals surface area contributed by atoms with Crippen LogP contribution in [0.25, 0.3) is 5.69 Å². The third-order valence-corrected chi connectivity index (χ3v) is 5.55. The van der Waals surface area contributed by atoms with Gasteiger partial charge in [0.05, 0.1) is 36.0 Å². The first kappa shape index (κ1) is 20.7. The van der Waals surface area contributed by atoms with Gasteiger partial charge in [0.25, 0.3) is 5.91 Å². The van der Waals surface area contributed by atoms with E-state index < -0.39 is 10.0 Å². The van der Waals surface area contributed by atoms with E-state index >= 15 is 0 Å². The summed E-state index contributed by atoms with van der Waals surface area (Å²) in [6.07, 6.45) is 3.03. The molecule has 0 aliphatic carbocycles. The zero-order valence-electron chi connectivity index (χ0n) is 15.7. The van der Waals surface area contributed by atoms with Crippen LogP contribution in [-0.2, 0) is 10.0 Å². The smallest absolute Gasteiger partial charge is 0.258 e. The van der Waals surface area contributed by atoms with Gasteiger partial charge in [0, 0.05) is 23.0 Å². The topological polar surface area (TPSA) is 102 Å². The average molecular weight is 435 g/mol. The lowest BCUT2D eigenvalue weighted by Gasteiger charge is -2.13. The van der Waals surface area contributed by atoms with Crippen LogP contribution < -0.4 is 14.8 Å². The van der Waals surface area contributed by atoms with Crippen molar-refractivity contribution in [1.29, 1.82) is 0 Å². The molecule has 0 atom stereocenters. The van der Waals surface area contributed by atoms with Crippen molar-refractivity contribution in [3.8, 4) is 11.4 Å². The number of carbonyl (C=O) groups is 1. The number of sulfonamides is 1. The maximum atomic E-state index is 12.5. The number of methoxy groups -OCH3 is 1. The number of benzene rings is 2. The summed E-state index contributed by atoms with van der Waals surface area (Å²) in [7, 11) is -2.03. The van der Waals surface area contributed by atoms with Crippen molar-refractivity contribution in [2.75, 3.05) is 22.9 Å². The molecule has 0 aliphatic heterocycles. The Morgan fingerprint density at radius 1 is 1.24 bits per heavy atom. The molecule has 0 aliphatic rings. The van der Waals surface area contributed by atoms with Crippen molar-refractivity contribution in [2.45, 2.75) is 6.92 Å². The van der Waals surface area contributed by atoms with E-state index in [4.69, 9.17) is 16.3 Å². The van der Waals surface area contributed by atoms with Gasteiger partial charge in [-0.05, 0) is 37.3 Å². The Morgan fingerprint density at radius 2 is 2.03 bits per heavy atom. The summed E-state index contributed by atoms with van der Waals surface area (Å²) in [6, 6.07) is 11.7. The van der Waals surface area contributed by atoms with Gasteiger partial charge in [-0.1, -0.05) is 17.7 Å². The molecule has 0 fully saturated rings. The third kappa shape index (κ3) is 5.07. The van der Waals surface area contributed by atoms with E-state index in [0.29, 0.717) is 22.0 Å². The minimum Gasteiger partial charge on any atom is -0.494 e. The monoisotopic (exact) mass is 434 g/mol. The molecule has 10 heteroatoms. The van der Waals surface area contributed by atoms with E-state index in [1.54, 1.807) is 35.1 Å². The molecule has 2 aromatic carbocycles. The molecular formula is C19H19ClN4O4S. The highest BCUT2D eigenvalue weighted by molar-refractivity contribution is 7.92. The number of nitrogens with one attached hydrogen (secondary N) is 2. The molecule has 1 amide bonds. The van der Waals surface area contributed by atoms with E-state index in [2.05, 4.69) is 15.1 Å². The molecule has 0 unspecified atom stereocenters. The standard InChI is InChI=1S/C19H19ClN4O4S/c1-3-29(26,27)23-17-8-7-15(10-18(17)28-2)22-19(25)13-11-21-24(12-13)16-6-4-5-14(20)9-16/h4-12,23H,3H2,1-2H3,(H,22,25). The Kier molecular flexibility index (Phi) is 6.09. The predicted octanol–water partition coefficient (Wildman–Crippen LogP) is 3.55. The van der Waals surface area contributed by atoms with Gasteiger partial charge in [0.2, 0.25) is 10.0 Å². The molecule has 1 heterocycles. The van der Waals surface area contributed by atoms with Crippen molar-refractivity contribution in [2.24, 2.45) is 0 Å². The number of aromatic nitrogens is 2. The van der Waals surface area contributed by atoms with Crippen molar-refractivity contribution < 1.29 is 17.9 Å². The van der Waals surface area contributed by atoms with Crippen LogP contribution >= 0.6 is 11.6 Å². The van der Waals surface area contributed by atoms with Gasteiger partial charge in [0.1, 0.15) is 5.75 Å². The van der Waals surface area contributed by atoms with E-state index in [0.717, 1.165) is 5.69 Å². The number of ether oxygens (including phenoxy) is 1. The number of hydrogen-bond donors (Lipinski definition) is 2. The van der Waals surface area contributed by atoms with Crippen LogP contribution in [-0.4, -0.2) is 37.0 Å². The van der Waals surface area contributed by atoms with Gasteiger partial charge in [-0.3, -0.25) is 9.52 Å². The Labute approximate surface area is 173 Å². The number of nitrogens with zero attached hydrogens (tertiary/aromatic N) is 2. The lowest BCUT2D eigenvalue weighted by Crippen LogP contribution is -2.15. The van der Waals surface area contributed by atoms with E-state index in [9.17, 15) is 13.2 Å². The molecule has 152 valence electrons. The lowest BCUT2D eigenvalue weighted by atomic mass is 10.2. The molecule has 8 nitrogen and oxygen atoms in total. The van der Waals surface area contributed by atoms with Crippen molar-refractivity contribution in [3.63, 3.8) is 0 Å². The summed E-state index contributed by atoms with van der Waals surface area (Å²) in [5.41, 5.74) is 1.81. The van der Waals surface area contributed by atoms with Crippen LogP contribution in [0, 0.1) is 0 Å². The molecule has 0 saturated carbocycles. The fraction of sp³-hybridized carbons (Fsp3) is 0.158. The number of rotatable bonds is 7. The summed E-state index contributed by atoms with van der Waals surface area (Å²) in [5, 5.41) is 7.49. The van der Waals surface area contributed by atoms with Crippen LogP contribution in [0.3, 0.4) is 0 Å². The first-order valence-electron chi connectivity index (χ1n) is 8.62. The first-order chi connectivity index (χ1) is 13.8. The Bertz CT molecular complexity index is 1140. The number of amides is 1. The summed E-state index contributed by atoms with van der Waals surface area (Å²) in [4.78, 5) is 12.5. The molecule has 1 aromatic heterocycles. The number of hydrogen-bond acceptors (Lipinski definition) is 5. The fourth-order valence-electron chi connectivity index (χ4n) is 2.50. The largest absolute Gasteiger partial charge is 0.494 e. The van der Waals surface area contributed by atoms with Crippen LogP contribution in [0.5, 0.6) is 5.75 Å². The molecule has 0 radical (unpaired) electrons. The lowest BCUT2D eigenvalue weighted by molar-refractivity contribution is 0.102. The highest BCUT2D eigenvalue weighted by Crippen LogP contribution is 2.29.